The number of likely N-dealkylation sites (tertiary alicyclic amines) is 1. The van der Waals surface area contributed by atoms with Crippen LogP contribution in [0.1, 0.15) is 60.0 Å². The number of nitrogens with one attached hydrogen (secondary N) is 1. The van der Waals surface area contributed by atoms with Gasteiger partial charge in [-0.1, -0.05) is 0 Å². The molecular formula is C27H36N4O4S2. The third-order valence-corrected chi connectivity index (χ3v) is 10.8. The number of amides is 1. The fourth-order valence-corrected chi connectivity index (χ4v) is 7.91. The molecule has 37 heavy (non-hydrogen) atoms. The average Bonchev–Trinajstić information content (AvgIpc) is 3.64. The molecule has 0 unspecified atom stereocenters. The quantitative estimate of drug-likeness (QED) is 0.421. The van der Waals surface area contributed by atoms with Crippen LogP contribution in [0, 0.1) is 0 Å². The lowest BCUT2D eigenvalue weighted by molar-refractivity contribution is 0.100. The minimum absolute atomic E-state index is 0.129. The van der Waals surface area contributed by atoms with E-state index in [0.717, 1.165) is 59.4 Å². The summed E-state index contributed by atoms with van der Waals surface area (Å²) in [5.74, 6) is -0.107. The fraction of sp³-hybridized carbons (Fsp3) is 0.519. The van der Waals surface area contributed by atoms with Crippen LogP contribution in [0.4, 0.5) is 0 Å². The monoisotopic (exact) mass is 544 g/mol. The first kappa shape index (κ1) is 26.4. The molecule has 3 N–H and O–H groups in total. The number of primary amides is 1. The number of carbonyl (C=O) groups is 1. The van der Waals surface area contributed by atoms with E-state index in [1.54, 1.807) is 29.7 Å². The number of H-pyrrole nitrogens is 1. The number of aromatic amines is 1. The molecule has 10 heteroatoms. The summed E-state index contributed by atoms with van der Waals surface area (Å²) in [4.78, 5) is 19.3. The minimum Gasteiger partial charge on any atom is -0.383 e. The number of methoxy groups -OCH3 is 1. The van der Waals surface area contributed by atoms with Gasteiger partial charge in [-0.3, -0.25) is 9.69 Å². The number of rotatable bonds is 9. The molecule has 8 nitrogen and oxygen atoms in total. The van der Waals surface area contributed by atoms with Crippen molar-refractivity contribution in [2.24, 2.45) is 5.73 Å². The second kappa shape index (κ2) is 10.9. The van der Waals surface area contributed by atoms with Crippen LogP contribution in [-0.2, 0) is 21.3 Å². The summed E-state index contributed by atoms with van der Waals surface area (Å²) in [6.07, 6.45) is 5.85. The first-order valence-electron chi connectivity index (χ1n) is 13.0. The highest BCUT2D eigenvalue weighted by Gasteiger charge is 2.29. The zero-order valence-electron chi connectivity index (χ0n) is 21.5. The molecule has 2 aliphatic heterocycles. The number of piperidine rings is 1. The molecule has 5 rings (SSSR count). The summed E-state index contributed by atoms with van der Waals surface area (Å²) in [5, 5.41) is 3.20. The molecule has 4 heterocycles. The second-order valence-corrected chi connectivity index (χ2v) is 13.3. The van der Waals surface area contributed by atoms with Crippen LogP contribution in [0.25, 0.3) is 21.3 Å². The van der Waals surface area contributed by atoms with Crippen LogP contribution >= 0.6 is 11.3 Å². The predicted molar refractivity (Wildman–Crippen MR) is 148 cm³/mol. The van der Waals surface area contributed by atoms with Crippen LogP contribution in [0.5, 0.6) is 0 Å². The van der Waals surface area contributed by atoms with Gasteiger partial charge in [-0.15, -0.1) is 11.3 Å². The van der Waals surface area contributed by atoms with E-state index in [9.17, 15) is 13.2 Å². The number of ether oxygens (including phenoxy) is 1. The van der Waals surface area contributed by atoms with Gasteiger partial charge in [-0.2, -0.15) is 0 Å². The lowest BCUT2D eigenvalue weighted by Crippen LogP contribution is -2.38. The highest BCUT2D eigenvalue weighted by molar-refractivity contribution is 7.89. The molecule has 1 aromatic carbocycles. The van der Waals surface area contributed by atoms with Crippen molar-refractivity contribution in [3.05, 3.63) is 46.5 Å². The van der Waals surface area contributed by atoms with E-state index in [1.165, 1.54) is 18.4 Å². The fourth-order valence-electron chi connectivity index (χ4n) is 5.88. The molecule has 1 atom stereocenters. The van der Waals surface area contributed by atoms with Gasteiger partial charge in [0.25, 0.3) is 5.91 Å². The van der Waals surface area contributed by atoms with E-state index in [4.69, 9.17) is 10.5 Å². The third-order valence-electron chi connectivity index (χ3n) is 7.92. The van der Waals surface area contributed by atoms with Crippen molar-refractivity contribution in [2.75, 3.05) is 39.1 Å². The Morgan fingerprint density at radius 2 is 1.97 bits per heavy atom. The maximum absolute atomic E-state index is 12.4. The van der Waals surface area contributed by atoms with Crippen molar-refractivity contribution in [1.29, 1.82) is 0 Å². The number of carbonyl (C=O) groups excluding carboxylic acids is 1. The zero-order chi connectivity index (χ0) is 26.2. The normalized spacial score (nSPS) is 20.2. The molecule has 0 bridgehead atoms. The lowest BCUT2D eigenvalue weighted by Gasteiger charge is -2.31. The number of fused-ring (bicyclic) bond motifs is 1. The van der Waals surface area contributed by atoms with Gasteiger partial charge < -0.3 is 15.5 Å². The molecule has 0 radical (unpaired) electrons. The van der Waals surface area contributed by atoms with E-state index in [2.05, 4.69) is 27.4 Å². The van der Waals surface area contributed by atoms with Crippen LogP contribution in [-0.4, -0.2) is 73.7 Å². The Balaban J connectivity index is 1.42. The molecule has 0 saturated carbocycles. The Bertz CT molecular complexity index is 1370. The van der Waals surface area contributed by atoms with Gasteiger partial charge in [0.05, 0.1) is 23.4 Å². The third kappa shape index (κ3) is 5.35. The zero-order valence-corrected chi connectivity index (χ0v) is 23.2. The summed E-state index contributed by atoms with van der Waals surface area (Å²) >= 11 is 1.69. The van der Waals surface area contributed by atoms with Crippen molar-refractivity contribution in [2.45, 2.75) is 51.1 Å². The summed E-state index contributed by atoms with van der Waals surface area (Å²) < 4.78 is 31.6. The van der Waals surface area contributed by atoms with Gasteiger partial charge in [0, 0.05) is 49.2 Å². The highest BCUT2D eigenvalue weighted by atomic mass is 32.2. The molecule has 2 aromatic heterocycles. The van der Waals surface area contributed by atoms with Gasteiger partial charge >= 0.3 is 0 Å². The molecule has 3 aromatic rings. The smallest absolute Gasteiger partial charge is 0.250 e. The molecule has 0 aliphatic carbocycles. The summed E-state index contributed by atoms with van der Waals surface area (Å²) in [6, 6.07) is 6.73. The number of nitrogens with zero attached hydrogens (tertiary/aromatic N) is 2. The van der Waals surface area contributed by atoms with Crippen LogP contribution in [0.15, 0.2) is 29.8 Å². The van der Waals surface area contributed by atoms with Crippen molar-refractivity contribution in [1.82, 2.24) is 14.2 Å². The molecule has 0 spiro atoms. The Hall–Kier alpha value is -2.24. The van der Waals surface area contributed by atoms with E-state index in [-0.39, 0.29) is 11.7 Å². The maximum atomic E-state index is 12.4. The first-order chi connectivity index (χ1) is 17.8. The Kier molecular flexibility index (Phi) is 7.74. The molecule has 2 saturated heterocycles. The standard InChI is InChI=1S/C27H36N4O4S2/c1-3-37(33,34)31-9-6-19(7-10-31)24-14-29-26-22(24)12-20(13-23(26)27(28)32)25-11-18(17-36-25)15-30-8-4-5-21(30)16-35-2/h11-14,17,19,21,29H,3-10,15-16H2,1-2H3,(H2,28,32)/t21-/m0/s1. The average molecular weight is 545 g/mol. The van der Waals surface area contributed by atoms with Crippen LogP contribution in [0.2, 0.25) is 0 Å². The first-order valence-corrected chi connectivity index (χ1v) is 15.5. The number of benzene rings is 1. The van der Waals surface area contributed by atoms with Gasteiger partial charge in [0.15, 0.2) is 0 Å². The summed E-state index contributed by atoms with van der Waals surface area (Å²) in [5.41, 5.74) is 10.4. The van der Waals surface area contributed by atoms with Crippen molar-refractivity contribution in [3.8, 4) is 10.4 Å². The summed E-state index contributed by atoms with van der Waals surface area (Å²) in [6.45, 7) is 5.46. The van der Waals surface area contributed by atoms with Gasteiger partial charge in [-0.05, 0) is 85.3 Å². The van der Waals surface area contributed by atoms with E-state index < -0.39 is 15.9 Å². The van der Waals surface area contributed by atoms with Crippen LogP contribution in [0.3, 0.4) is 0 Å². The Labute approximate surface area is 222 Å². The van der Waals surface area contributed by atoms with E-state index in [1.807, 2.05) is 12.3 Å². The van der Waals surface area contributed by atoms with E-state index >= 15 is 0 Å². The van der Waals surface area contributed by atoms with Gasteiger partial charge in [-0.25, -0.2) is 12.7 Å². The van der Waals surface area contributed by atoms with Crippen molar-refractivity contribution in [3.63, 3.8) is 0 Å². The van der Waals surface area contributed by atoms with Crippen molar-refractivity contribution >= 4 is 38.2 Å². The largest absolute Gasteiger partial charge is 0.383 e. The highest BCUT2D eigenvalue weighted by Crippen LogP contribution is 2.38. The van der Waals surface area contributed by atoms with Crippen LogP contribution < -0.4 is 5.73 Å². The molecular weight excluding hydrogens is 508 g/mol. The molecule has 1 amide bonds. The molecule has 2 aliphatic rings. The number of hydrogen-bond donors (Lipinski definition) is 2. The number of nitrogens with two attached hydrogens (primary N) is 1. The van der Waals surface area contributed by atoms with E-state index in [0.29, 0.717) is 24.7 Å². The second-order valence-electron chi connectivity index (χ2n) is 10.2. The Morgan fingerprint density at radius 1 is 1.19 bits per heavy atom. The lowest BCUT2D eigenvalue weighted by atomic mass is 9.89. The maximum Gasteiger partial charge on any atom is 0.250 e. The molecule has 2 fully saturated rings. The number of hydrogen-bond acceptors (Lipinski definition) is 6. The minimum atomic E-state index is -3.17. The summed E-state index contributed by atoms with van der Waals surface area (Å²) in [7, 11) is -1.41. The SMILES string of the molecule is CCS(=O)(=O)N1CCC(c2c[nH]c3c(C(N)=O)cc(-c4cc(CN5CCC[C@H]5COC)cs4)cc23)CC1. The number of sulfonamides is 1. The number of aromatic nitrogens is 1. The Morgan fingerprint density at radius 3 is 2.68 bits per heavy atom. The number of thiophene rings is 1. The van der Waals surface area contributed by atoms with Gasteiger partial charge in [0.1, 0.15) is 0 Å². The predicted octanol–water partition coefficient (Wildman–Crippen LogP) is 4.14. The topological polar surface area (TPSA) is 109 Å². The molecule has 200 valence electrons. The van der Waals surface area contributed by atoms with Gasteiger partial charge in [0.2, 0.25) is 10.0 Å². The van der Waals surface area contributed by atoms with Crippen molar-refractivity contribution < 1.29 is 17.9 Å².